The van der Waals surface area contributed by atoms with E-state index in [1.54, 1.807) is 0 Å². The Balaban J connectivity index is 2.07. The van der Waals surface area contributed by atoms with Crippen LogP contribution >= 0.6 is 0 Å². The van der Waals surface area contributed by atoms with Crippen molar-refractivity contribution in [3.05, 3.63) is 47.0 Å². The molecule has 1 aliphatic rings. The number of allylic oxidation sites excluding steroid dienone is 2. The summed E-state index contributed by atoms with van der Waals surface area (Å²) in [6, 6.07) is 7.85. The summed E-state index contributed by atoms with van der Waals surface area (Å²) >= 11 is 0. The lowest BCUT2D eigenvalue weighted by molar-refractivity contribution is 0.0992. The van der Waals surface area contributed by atoms with Crippen LogP contribution in [0.4, 0.5) is 0 Å². The van der Waals surface area contributed by atoms with Crippen LogP contribution in [-0.2, 0) is 0 Å². The molecule has 1 aliphatic carbocycles. The number of carbonyl (C=O) groups is 1. The van der Waals surface area contributed by atoms with Crippen molar-refractivity contribution in [2.45, 2.75) is 32.6 Å². The maximum atomic E-state index is 11.9. The zero-order valence-electron chi connectivity index (χ0n) is 9.12. The van der Waals surface area contributed by atoms with Gasteiger partial charge < -0.3 is 0 Å². The van der Waals surface area contributed by atoms with E-state index in [4.69, 9.17) is 0 Å². The van der Waals surface area contributed by atoms with Crippen LogP contribution in [0.2, 0.25) is 0 Å². The summed E-state index contributed by atoms with van der Waals surface area (Å²) in [6.07, 6.45) is 6.31. The van der Waals surface area contributed by atoms with Gasteiger partial charge in [-0.1, -0.05) is 35.4 Å². The number of aryl methyl sites for hydroxylation is 1. The zero-order valence-corrected chi connectivity index (χ0v) is 9.12. The first kappa shape index (κ1) is 10.2. The third kappa shape index (κ3) is 2.56. The minimum Gasteiger partial charge on any atom is -0.294 e. The van der Waals surface area contributed by atoms with Gasteiger partial charge in [-0.05, 0) is 32.3 Å². The quantitative estimate of drug-likeness (QED) is 0.537. The highest BCUT2D eigenvalue weighted by atomic mass is 16.1. The van der Waals surface area contributed by atoms with Crippen LogP contribution in [0.5, 0.6) is 0 Å². The lowest BCUT2D eigenvalue weighted by atomic mass is 10.0. The van der Waals surface area contributed by atoms with Crippen LogP contribution in [-0.4, -0.2) is 5.78 Å². The van der Waals surface area contributed by atoms with E-state index in [2.05, 4.69) is 6.08 Å². The van der Waals surface area contributed by atoms with Crippen molar-refractivity contribution in [1.82, 2.24) is 0 Å². The average molecular weight is 200 g/mol. The van der Waals surface area contributed by atoms with E-state index in [1.807, 2.05) is 31.2 Å². The Kier molecular flexibility index (Phi) is 3.00. The molecule has 0 aromatic heterocycles. The van der Waals surface area contributed by atoms with Gasteiger partial charge in [0.15, 0.2) is 5.78 Å². The minimum atomic E-state index is 0.256. The maximum Gasteiger partial charge on any atom is 0.166 e. The number of hydrogen-bond donors (Lipinski definition) is 0. The van der Waals surface area contributed by atoms with Crippen molar-refractivity contribution in [2.24, 2.45) is 0 Å². The highest BCUT2D eigenvalue weighted by molar-refractivity contribution is 5.97. The monoisotopic (exact) mass is 200 g/mol. The van der Waals surface area contributed by atoms with E-state index in [0.29, 0.717) is 6.42 Å². The van der Waals surface area contributed by atoms with Crippen molar-refractivity contribution in [3.8, 4) is 0 Å². The lowest BCUT2D eigenvalue weighted by Crippen LogP contribution is -2.00. The first-order valence-electron chi connectivity index (χ1n) is 5.53. The summed E-state index contributed by atoms with van der Waals surface area (Å²) in [6.45, 7) is 2.02. The number of ketones is 1. The van der Waals surface area contributed by atoms with Gasteiger partial charge >= 0.3 is 0 Å². The largest absolute Gasteiger partial charge is 0.294 e. The van der Waals surface area contributed by atoms with Gasteiger partial charge in [0.1, 0.15) is 0 Å². The SMILES string of the molecule is Cc1cccc(C(=O)CC2=CCCC2)c1. The predicted octanol–water partition coefficient (Wildman–Crippen LogP) is 3.68. The normalized spacial score (nSPS) is 15.1. The molecule has 1 aromatic rings. The Morgan fingerprint density at radius 1 is 1.40 bits per heavy atom. The molecule has 0 saturated heterocycles. The molecule has 2 rings (SSSR count). The van der Waals surface area contributed by atoms with Gasteiger partial charge in [-0.25, -0.2) is 0 Å². The zero-order chi connectivity index (χ0) is 10.7. The fourth-order valence-electron chi connectivity index (χ4n) is 2.02. The summed E-state index contributed by atoms with van der Waals surface area (Å²) in [5, 5.41) is 0. The van der Waals surface area contributed by atoms with Crippen LogP contribution < -0.4 is 0 Å². The molecule has 0 saturated carbocycles. The maximum absolute atomic E-state index is 11.9. The molecule has 0 fully saturated rings. The van der Waals surface area contributed by atoms with Crippen LogP contribution in [0.3, 0.4) is 0 Å². The van der Waals surface area contributed by atoms with Gasteiger partial charge in [0.2, 0.25) is 0 Å². The molecule has 0 radical (unpaired) electrons. The second-order valence-corrected chi connectivity index (χ2v) is 4.22. The van der Waals surface area contributed by atoms with Gasteiger partial charge in [-0.15, -0.1) is 0 Å². The smallest absolute Gasteiger partial charge is 0.166 e. The molecular weight excluding hydrogens is 184 g/mol. The van der Waals surface area contributed by atoms with Crippen LogP contribution in [0, 0.1) is 6.92 Å². The number of hydrogen-bond acceptors (Lipinski definition) is 1. The van der Waals surface area contributed by atoms with Crippen LogP contribution in [0.1, 0.15) is 41.6 Å². The van der Waals surface area contributed by atoms with Crippen molar-refractivity contribution < 1.29 is 4.79 Å². The molecule has 0 unspecified atom stereocenters. The second kappa shape index (κ2) is 4.43. The van der Waals surface area contributed by atoms with E-state index in [9.17, 15) is 4.79 Å². The Morgan fingerprint density at radius 2 is 2.27 bits per heavy atom. The molecule has 1 aromatic carbocycles. The number of benzene rings is 1. The van der Waals surface area contributed by atoms with Gasteiger partial charge in [0.05, 0.1) is 0 Å². The standard InChI is InChI=1S/C14H16O/c1-11-5-4-8-13(9-11)14(15)10-12-6-2-3-7-12/h4-6,8-9H,2-3,7,10H2,1H3. The van der Waals surface area contributed by atoms with E-state index in [0.717, 1.165) is 24.0 Å². The summed E-state index contributed by atoms with van der Waals surface area (Å²) in [5.74, 6) is 0.256. The van der Waals surface area contributed by atoms with Crippen molar-refractivity contribution in [3.63, 3.8) is 0 Å². The topological polar surface area (TPSA) is 17.1 Å². The molecule has 15 heavy (non-hydrogen) atoms. The van der Waals surface area contributed by atoms with Crippen LogP contribution in [0.25, 0.3) is 0 Å². The van der Waals surface area contributed by atoms with Gasteiger partial charge in [0.25, 0.3) is 0 Å². The van der Waals surface area contributed by atoms with Gasteiger partial charge in [-0.3, -0.25) is 4.79 Å². The fraction of sp³-hybridized carbons (Fsp3) is 0.357. The van der Waals surface area contributed by atoms with E-state index in [-0.39, 0.29) is 5.78 Å². The molecule has 1 nitrogen and oxygen atoms in total. The summed E-state index contributed by atoms with van der Waals surface area (Å²) in [4.78, 5) is 11.9. The second-order valence-electron chi connectivity index (χ2n) is 4.22. The Bertz CT molecular complexity index is 402. The molecule has 0 aliphatic heterocycles. The third-order valence-electron chi connectivity index (χ3n) is 2.86. The number of Topliss-reactive ketones (excluding diaryl/α,β-unsaturated/α-hetero) is 1. The molecule has 78 valence electrons. The van der Waals surface area contributed by atoms with Crippen LogP contribution in [0.15, 0.2) is 35.9 Å². The van der Waals surface area contributed by atoms with Gasteiger partial charge in [-0.2, -0.15) is 0 Å². The van der Waals surface area contributed by atoms with Crippen molar-refractivity contribution in [1.29, 1.82) is 0 Å². The molecule has 0 heterocycles. The third-order valence-corrected chi connectivity index (χ3v) is 2.86. The van der Waals surface area contributed by atoms with Crippen molar-refractivity contribution in [2.75, 3.05) is 0 Å². The highest BCUT2D eigenvalue weighted by Crippen LogP contribution is 2.22. The highest BCUT2D eigenvalue weighted by Gasteiger charge is 2.11. The molecule has 0 bridgehead atoms. The summed E-state index contributed by atoms with van der Waals surface area (Å²) < 4.78 is 0. The lowest BCUT2D eigenvalue weighted by Gasteiger charge is -2.02. The molecule has 0 atom stereocenters. The fourth-order valence-corrected chi connectivity index (χ4v) is 2.02. The molecule has 0 N–H and O–H groups in total. The predicted molar refractivity (Wildman–Crippen MR) is 62.1 cm³/mol. The average Bonchev–Trinajstić information content (AvgIpc) is 2.70. The van der Waals surface area contributed by atoms with E-state index >= 15 is 0 Å². The molecule has 1 heteroatoms. The Labute approximate surface area is 90.8 Å². The molecular formula is C14H16O. The molecule has 0 spiro atoms. The number of carbonyl (C=O) groups excluding carboxylic acids is 1. The first-order chi connectivity index (χ1) is 7.25. The summed E-state index contributed by atoms with van der Waals surface area (Å²) in [5.41, 5.74) is 3.32. The van der Waals surface area contributed by atoms with E-state index in [1.165, 1.54) is 12.0 Å². The first-order valence-corrected chi connectivity index (χ1v) is 5.53. The minimum absolute atomic E-state index is 0.256. The Hall–Kier alpha value is -1.37. The van der Waals surface area contributed by atoms with Crippen molar-refractivity contribution >= 4 is 5.78 Å². The van der Waals surface area contributed by atoms with E-state index < -0.39 is 0 Å². The summed E-state index contributed by atoms with van der Waals surface area (Å²) in [7, 11) is 0. The Morgan fingerprint density at radius 3 is 2.93 bits per heavy atom. The van der Waals surface area contributed by atoms with Gasteiger partial charge in [0, 0.05) is 12.0 Å². The number of rotatable bonds is 3. The molecule has 0 amide bonds.